The van der Waals surface area contributed by atoms with Crippen LogP contribution in [0.3, 0.4) is 0 Å². The van der Waals surface area contributed by atoms with Crippen LogP contribution in [0.15, 0.2) is 45.8 Å². The Labute approximate surface area is 196 Å². The molecule has 2 aromatic carbocycles. The number of anilines is 1. The number of sulfonamides is 1. The maximum atomic E-state index is 14.2. The number of hydrogen-bond donors (Lipinski definition) is 1. The highest BCUT2D eigenvalue weighted by atomic mass is 79.9. The van der Waals surface area contributed by atoms with Gasteiger partial charge < -0.3 is 14.8 Å². The van der Waals surface area contributed by atoms with Gasteiger partial charge in [-0.3, -0.25) is 4.79 Å². The second-order valence-corrected chi connectivity index (χ2v) is 10.3. The lowest BCUT2D eigenvalue weighted by molar-refractivity contribution is -0.116. The number of halogens is 2. The number of amides is 1. The van der Waals surface area contributed by atoms with Crippen LogP contribution in [-0.2, 0) is 14.8 Å². The van der Waals surface area contributed by atoms with Crippen molar-refractivity contribution in [2.24, 2.45) is 0 Å². The highest BCUT2D eigenvalue weighted by Crippen LogP contribution is 2.33. The Morgan fingerprint density at radius 1 is 1.09 bits per heavy atom. The topological polar surface area (TPSA) is 84.9 Å². The molecule has 0 radical (unpaired) electrons. The molecule has 1 saturated carbocycles. The monoisotopic (exact) mass is 528 g/mol. The summed E-state index contributed by atoms with van der Waals surface area (Å²) in [6.45, 7) is -0.420. The average Bonchev–Trinajstić information content (AvgIpc) is 2.79. The van der Waals surface area contributed by atoms with Crippen LogP contribution in [0.4, 0.5) is 10.1 Å². The Hall–Kier alpha value is -2.17. The standard InChI is InChI=1S/C22H26BrFN2O5S/c1-30-20-11-9-17(13-21(20)31-2)32(28,29)26(16-6-4-3-5-7-16)14-22(27)25-19-10-8-15(23)12-18(19)24/h8-13,16H,3-7,14H2,1-2H3,(H,25,27). The van der Waals surface area contributed by atoms with Gasteiger partial charge in [0.25, 0.3) is 0 Å². The summed E-state index contributed by atoms with van der Waals surface area (Å²) in [6, 6.07) is 8.26. The molecule has 0 bridgehead atoms. The summed E-state index contributed by atoms with van der Waals surface area (Å²) in [5.41, 5.74) is -0.00897. The number of methoxy groups -OCH3 is 2. The normalized spacial score (nSPS) is 14.9. The fourth-order valence-corrected chi connectivity index (χ4v) is 5.80. The number of carbonyl (C=O) groups is 1. The predicted molar refractivity (Wildman–Crippen MR) is 123 cm³/mol. The number of benzene rings is 2. The van der Waals surface area contributed by atoms with Crippen molar-refractivity contribution in [1.29, 1.82) is 0 Å². The summed E-state index contributed by atoms with van der Waals surface area (Å²) < 4.78 is 53.5. The molecule has 1 amide bonds. The molecule has 0 atom stereocenters. The van der Waals surface area contributed by atoms with Crippen LogP contribution in [0.1, 0.15) is 32.1 Å². The zero-order chi connectivity index (χ0) is 23.3. The fourth-order valence-electron chi connectivity index (χ4n) is 3.81. The van der Waals surface area contributed by atoms with Crippen LogP contribution in [0.5, 0.6) is 11.5 Å². The molecule has 0 heterocycles. The van der Waals surface area contributed by atoms with E-state index in [1.165, 1.54) is 48.9 Å². The summed E-state index contributed by atoms with van der Waals surface area (Å²) in [5.74, 6) is -0.543. The SMILES string of the molecule is COc1ccc(S(=O)(=O)N(CC(=O)Nc2ccc(Br)cc2F)C2CCCCC2)cc1OC. The number of nitrogens with one attached hydrogen (secondary N) is 1. The Bertz CT molecular complexity index is 1070. The molecule has 1 N–H and O–H groups in total. The van der Waals surface area contributed by atoms with Crippen LogP contribution >= 0.6 is 15.9 Å². The lowest BCUT2D eigenvalue weighted by Gasteiger charge is -2.33. The van der Waals surface area contributed by atoms with Gasteiger partial charge in [-0.15, -0.1) is 0 Å². The van der Waals surface area contributed by atoms with Gasteiger partial charge in [-0.25, -0.2) is 12.8 Å². The van der Waals surface area contributed by atoms with Crippen molar-refractivity contribution in [2.75, 3.05) is 26.1 Å². The van der Waals surface area contributed by atoms with Gasteiger partial charge in [0.15, 0.2) is 11.5 Å². The summed E-state index contributed by atoms with van der Waals surface area (Å²) in [7, 11) is -1.14. The first-order valence-corrected chi connectivity index (χ1v) is 12.5. The van der Waals surface area contributed by atoms with Gasteiger partial charge in [0, 0.05) is 16.6 Å². The van der Waals surface area contributed by atoms with Crippen molar-refractivity contribution in [1.82, 2.24) is 4.31 Å². The molecule has 10 heteroatoms. The van der Waals surface area contributed by atoms with Crippen molar-refractivity contribution in [3.63, 3.8) is 0 Å². The molecule has 0 saturated heterocycles. The van der Waals surface area contributed by atoms with Gasteiger partial charge in [-0.2, -0.15) is 4.31 Å². The van der Waals surface area contributed by atoms with E-state index in [4.69, 9.17) is 9.47 Å². The van der Waals surface area contributed by atoms with E-state index in [-0.39, 0.29) is 22.4 Å². The molecule has 1 aliphatic rings. The predicted octanol–water partition coefficient (Wildman–Crippen LogP) is 4.57. The van der Waals surface area contributed by atoms with Crippen molar-refractivity contribution < 1.29 is 27.1 Å². The van der Waals surface area contributed by atoms with E-state index in [1.54, 1.807) is 6.07 Å². The van der Waals surface area contributed by atoms with Gasteiger partial charge in [0.1, 0.15) is 5.82 Å². The third kappa shape index (κ3) is 5.60. The average molecular weight is 529 g/mol. The van der Waals surface area contributed by atoms with Crippen LogP contribution in [-0.4, -0.2) is 45.4 Å². The smallest absolute Gasteiger partial charge is 0.243 e. The van der Waals surface area contributed by atoms with Crippen molar-refractivity contribution in [2.45, 2.75) is 43.0 Å². The zero-order valence-electron chi connectivity index (χ0n) is 17.9. The summed E-state index contributed by atoms with van der Waals surface area (Å²) >= 11 is 3.17. The molecular weight excluding hydrogens is 503 g/mol. The minimum absolute atomic E-state index is 0.00310. The first-order chi connectivity index (χ1) is 15.3. The maximum Gasteiger partial charge on any atom is 0.243 e. The van der Waals surface area contributed by atoms with Crippen molar-refractivity contribution >= 4 is 37.5 Å². The molecule has 7 nitrogen and oxygen atoms in total. The van der Waals surface area contributed by atoms with Crippen molar-refractivity contribution in [3.8, 4) is 11.5 Å². The lowest BCUT2D eigenvalue weighted by atomic mass is 9.95. The third-order valence-corrected chi connectivity index (χ3v) is 7.84. The molecule has 0 spiro atoms. The molecule has 2 aromatic rings. The molecular formula is C22H26BrFN2O5S. The highest BCUT2D eigenvalue weighted by molar-refractivity contribution is 9.10. The number of hydrogen-bond acceptors (Lipinski definition) is 5. The first kappa shape index (κ1) is 24.5. The Kier molecular flexibility index (Phi) is 8.13. The van der Waals surface area contributed by atoms with Gasteiger partial charge in [0.05, 0.1) is 31.3 Å². The number of ether oxygens (including phenoxy) is 2. The lowest BCUT2D eigenvalue weighted by Crippen LogP contribution is -2.45. The van der Waals surface area contributed by atoms with Crippen LogP contribution in [0.2, 0.25) is 0 Å². The molecule has 32 heavy (non-hydrogen) atoms. The van der Waals surface area contributed by atoms with E-state index in [0.717, 1.165) is 19.3 Å². The third-order valence-electron chi connectivity index (χ3n) is 5.45. The van der Waals surface area contributed by atoms with E-state index >= 15 is 0 Å². The van der Waals surface area contributed by atoms with Crippen LogP contribution in [0.25, 0.3) is 0 Å². The fraction of sp³-hybridized carbons (Fsp3) is 0.409. The van der Waals surface area contributed by atoms with Crippen LogP contribution in [0, 0.1) is 5.82 Å². The molecule has 1 fully saturated rings. The van der Waals surface area contributed by atoms with Gasteiger partial charge >= 0.3 is 0 Å². The Morgan fingerprint density at radius 3 is 2.41 bits per heavy atom. The largest absolute Gasteiger partial charge is 0.493 e. The zero-order valence-corrected chi connectivity index (χ0v) is 20.3. The number of carbonyl (C=O) groups excluding carboxylic acids is 1. The molecule has 0 aromatic heterocycles. The molecule has 0 aliphatic heterocycles. The molecule has 3 rings (SSSR count). The Morgan fingerprint density at radius 2 is 1.78 bits per heavy atom. The summed E-state index contributed by atoms with van der Waals surface area (Å²) in [6.07, 6.45) is 4.10. The maximum absolute atomic E-state index is 14.2. The second-order valence-electron chi connectivity index (χ2n) is 7.53. The van der Waals surface area contributed by atoms with Crippen molar-refractivity contribution in [3.05, 3.63) is 46.7 Å². The highest BCUT2D eigenvalue weighted by Gasteiger charge is 2.34. The van der Waals surface area contributed by atoms with E-state index in [2.05, 4.69) is 21.2 Å². The Balaban J connectivity index is 1.90. The van der Waals surface area contributed by atoms with E-state index in [9.17, 15) is 17.6 Å². The summed E-state index contributed by atoms with van der Waals surface area (Å²) in [4.78, 5) is 12.8. The van der Waals surface area contributed by atoms with Gasteiger partial charge in [0.2, 0.25) is 15.9 Å². The van der Waals surface area contributed by atoms with E-state index in [1.807, 2.05) is 0 Å². The molecule has 0 unspecified atom stereocenters. The first-order valence-electron chi connectivity index (χ1n) is 10.2. The number of rotatable bonds is 8. The molecule has 174 valence electrons. The van der Waals surface area contributed by atoms with E-state index < -0.39 is 28.3 Å². The van der Waals surface area contributed by atoms with E-state index in [0.29, 0.717) is 23.1 Å². The summed E-state index contributed by atoms with van der Waals surface area (Å²) in [5, 5.41) is 2.49. The quantitative estimate of drug-likeness (QED) is 0.542. The van der Waals surface area contributed by atoms with Gasteiger partial charge in [-0.1, -0.05) is 35.2 Å². The minimum Gasteiger partial charge on any atom is -0.493 e. The molecule has 1 aliphatic carbocycles. The minimum atomic E-state index is -4.03. The van der Waals surface area contributed by atoms with Gasteiger partial charge in [-0.05, 0) is 43.2 Å². The number of nitrogens with zero attached hydrogens (tertiary/aromatic N) is 1. The van der Waals surface area contributed by atoms with Crippen LogP contribution < -0.4 is 14.8 Å². The second kappa shape index (κ2) is 10.6.